The number of carbonyl (C=O) groups excluding carboxylic acids is 1. The Balaban J connectivity index is 1.81. The number of phenolic OH excluding ortho intramolecular Hbond substituents is 1. The number of nitriles is 1. The summed E-state index contributed by atoms with van der Waals surface area (Å²) in [5, 5.41) is 22.7. The Hall–Kier alpha value is -3.52. The molecule has 0 heterocycles. The number of aromatic hydroxyl groups is 1. The van der Waals surface area contributed by atoms with Gasteiger partial charge in [-0.2, -0.15) is 5.26 Å². The third kappa shape index (κ3) is 3.28. The monoisotopic (exact) mass is 318 g/mol. The van der Waals surface area contributed by atoms with Crippen LogP contribution < -0.4 is 5.32 Å². The second-order valence-electron chi connectivity index (χ2n) is 5.19. The van der Waals surface area contributed by atoms with Crippen molar-refractivity contribution in [3.63, 3.8) is 0 Å². The van der Waals surface area contributed by atoms with Gasteiger partial charge in [0.25, 0.3) is 0 Å². The Morgan fingerprint density at radius 2 is 1.88 bits per heavy atom. The van der Waals surface area contributed by atoms with Gasteiger partial charge in [0.15, 0.2) is 0 Å². The number of carbonyl (C=O) groups is 1. The number of ether oxygens (including phenoxy) is 1. The van der Waals surface area contributed by atoms with E-state index >= 15 is 0 Å². The summed E-state index contributed by atoms with van der Waals surface area (Å²) in [4.78, 5) is 12.0. The number of nitrogens with one attached hydrogen (secondary N) is 1. The van der Waals surface area contributed by atoms with E-state index in [0.29, 0.717) is 22.0 Å². The van der Waals surface area contributed by atoms with Crippen molar-refractivity contribution >= 4 is 22.6 Å². The van der Waals surface area contributed by atoms with E-state index in [2.05, 4.69) is 11.4 Å². The number of benzene rings is 3. The highest BCUT2D eigenvalue weighted by Gasteiger charge is 2.10. The van der Waals surface area contributed by atoms with E-state index in [1.54, 1.807) is 18.2 Å². The van der Waals surface area contributed by atoms with Gasteiger partial charge in [-0.25, -0.2) is 4.79 Å². The van der Waals surface area contributed by atoms with Crippen LogP contribution in [0.4, 0.5) is 10.5 Å². The number of phenols is 1. The standard InChI is InChI=1S/C19H14N2O3/c20-11-14-6-9-18(17-10-15(22)7-8-16(14)17)21-19(23)24-12-13-4-2-1-3-5-13/h1-10,22H,12H2,(H,21,23). The second kappa shape index (κ2) is 6.71. The van der Waals surface area contributed by atoms with Gasteiger partial charge in [0.2, 0.25) is 0 Å². The molecule has 5 heteroatoms. The smallest absolute Gasteiger partial charge is 0.411 e. The minimum atomic E-state index is -0.604. The van der Waals surface area contributed by atoms with Crippen molar-refractivity contribution < 1.29 is 14.6 Å². The maximum atomic E-state index is 12.0. The molecule has 3 aromatic carbocycles. The fourth-order valence-corrected chi connectivity index (χ4v) is 2.41. The van der Waals surface area contributed by atoms with Crippen LogP contribution in [-0.4, -0.2) is 11.2 Å². The lowest BCUT2D eigenvalue weighted by Gasteiger charge is -2.11. The van der Waals surface area contributed by atoms with Crippen LogP contribution in [0.1, 0.15) is 11.1 Å². The normalized spacial score (nSPS) is 10.1. The summed E-state index contributed by atoms with van der Waals surface area (Å²) >= 11 is 0. The SMILES string of the molecule is N#Cc1ccc(NC(=O)OCc2ccccc2)c2cc(O)ccc12. The van der Waals surface area contributed by atoms with E-state index in [0.717, 1.165) is 5.56 Å². The van der Waals surface area contributed by atoms with Gasteiger partial charge in [0.1, 0.15) is 12.4 Å². The molecule has 24 heavy (non-hydrogen) atoms. The number of fused-ring (bicyclic) bond motifs is 1. The predicted octanol–water partition coefficient (Wildman–Crippen LogP) is 4.17. The zero-order valence-corrected chi connectivity index (χ0v) is 12.7. The van der Waals surface area contributed by atoms with Gasteiger partial charge in [-0.3, -0.25) is 5.32 Å². The van der Waals surface area contributed by atoms with E-state index in [4.69, 9.17) is 10.00 Å². The molecule has 2 N–H and O–H groups in total. The third-order valence-electron chi connectivity index (χ3n) is 3.57. The Morgan fingerprint density at radius 3 is 2.62 bits per heavy atom. The molecule has 3 aromatic rings. The number of hydrogen-bond acceptors (Lipinski definition) is 4. The van der Waals surface area contributed by atoms with Crippen LogP contribution in [0.25, 0.3) is 10.8 Å². The molecule has 5 nitrogen and oxygen atoms in total. The molecule has 0 aliphatic rings. The number of nitrogens with zero attached hydrogens (tertiary/aromatic N) is 1. The molecule has 0 aromatic heterocycles. The summed E-state index contributed by atoms with van der Waals surface area (Å²) in [7, 11) is 0. The number of hydrogen-bond donors (Lipinski definition) is 2. The van der Waals surface area contributed by atoms with Gasteiger partial charge < -0.3 is 9.84 Å². The van der Waals surface area contributed by atoms with Crippen molar-refractivity contribution in [2.75, 3.05) is 5.32 Å². The Kier molecular flexibility index (Phi) is 4.30. The van der Waals surface area contributed by atoms with Crippen LogP contribution >= 0.6 is 0 Å². The Morgan fingerprint density at radius 1 is 1.08 bits per heavy atom. The Labute approximate surface area is 138 Å². The first kappa shape index (κ1) is 15.4. The molecule has 0 fully saturated rings. The Bertz CT molecular complexity index is 930. The van der Waals surface area contributed by atoms with Gasteiger partial charge in [-0.1, -0.05) is 30.3 Å². The van der Waals surface area contributed by atoms with E-state index in [1.807, 2.05) is 30.3 Å². The van der Waals surface area contributed by atoms with E-state index in [9.17, 15) is 9.90 Å². The van der Waals surface area contributed by atoms with Crippen molar-refractivity contribution in [2.24, 2.45) is 0 Å². The molecule has 0 bridgehead atoms. The van der Waals surface area contributed by atoms with Crippen molar-refractivity contribution in [1.82, 2.24) is 0 Å². The van der Waals surface area contributed by atoms with Crippen LogP contribution in [0, 0.1) is 11.3 Å². The zero-order valence-electron chi connectivity index (χ0n) is 12.7. The number of anilines is 1. The molecule has 3 rings (SSSR count). The van der Waals surface area contributed by atoms with Crippen LogP contribution in [0.15, 0.2) is 60.7 Å². The number of amides is 1. The summed E-state index contributed by atoms with van der Waals surface area (Å²) in [5.74, 6) is 0.0540. The maximum absolute atomic E-state index is 12.0. The fourth-order valence-electron chi connectivity index (χ4n) is 2.41. The van der Waals surface area contributed by atoms with Crippen molar-refractivity contribution in [2.45, 2.75) is 6.61 Å². The third-order valence-corrected chi connectivity index (χ3v) is 3.57. The second-order valence-corrected chi connectivity index (χ2v) is 5.19. The molecule has 118 valence electrons. The summed E-state index contributed by atoms with van der Waals surface area (Å²) in [6.07, 6.45) is -0.604. The van der Waals surface area contributed by atoms with Gasteiger partial charge in [-0.05, 0) is 35.9 Å². The summed E-state index contributed by atoms with van der Waals surface area (Å²) in [5.41, 5.74) is 1.82. The van der Waals surface area contributed by atoms with Crippen molar-refractivity contribution in [3.8, 4) is 11.8 Å². The average molecular weight is 318 g/mol. The summed E-state index contributed by atoms with van der Waals surface area (Å²) in [6, 6.07) is 19.3. The van der Waals surface area contributed by atoms with Crippen LogP contribution in [0.2, 0.25) is 0 Å². The lowest BCUT2D eigenvalue weighted by atomic mass is 10.0. The fraction of sp³-hybridized carbons (Fsp3) is 0.0526. The van der Waals surface area contributed by atoms with E-state index in [1.165, 1.54) is 12.1 Å². The molecule has 0 saturated carbocycles. The molecule has 0 atom stereocenters. The van der Waals surface area contributed by atoms with E-state index in [-0.39, 0.29) is 12.4 Å². The largest absolute Gasteiger partial charge is 0.508 e. The molecule has 0 aliphatic heterocycles. The molecule has 0 unspecified atom stereocenters. The average Bonchev–Trinajstić information content (AvgIpc) is 2.61. The van der Waals surface area contributed by atoms with Gasteiger partial charge in [0.05, 0.1) is 17.3 Å². The summed E-state index contributed by atoms with van der Waals surface area (Å²) in [6.45, 7) is 0.159. The lowest BCUT2D eigenvalue weighted by Crippen LogP contribution is -2.13. The first-order valence-electron chi connectivity index (χ1n) is 7.31. The highest BCUT2D eigenvalue weighted by Crippen LogP contribution is 2.29. The quantitative estimate of drug-likeness (QED) is 0.759. The molecule has 0 aliphatic carbocycles. The van der Waals surface area contributed by atoms with Crippen LogP contribution in [0.3, 0.4) is 0 Å². The number of rotatable bonds is 3. The van der Waals surface area contributed by atoms with Crippen LogP contribution in [0.5, 0.6) is 5.75 Å². The minimum absolute atomic E-state index is 0.0540. The highest BCUT2D eigenvalue weighted by molar-refractivity contribution is 6.02. The topological polar surface area (TPSA) is 82.4 Å². The van der Waals surface area contributed by atoms with Crippen molar-refractivity contribution in [1.29, 1.82) is 5.26 Å². The predicted molar refractivity (Wildman–Crippen MR) is 90.6 cm³/mol. The van der Waals surface area contributed by atoms with Gasteiger partial charge >= 0.3 is 6.09 Å². The molecular weight excluding hydrogens is 304 g/mol. The first-order valence-corrected chi connectivity index (χ1v) is 7.31. The molecule has 1 amide bonds. The highest BCUT2D eigenvalue weighted by atomic mass is 16.5. The van der Waals surface area contributed by atoms with Gasteiger partial charge in [-0.15, -0.1) is 0 Å². The van der Waals surface area contributed by atoms with E-state index < -0.39 is 6.09 Å². The van der Waals surface area contributed by atoms with Crippen LogP contribution in [-0.2, 0) is 11.3 Å². The molecule has 0 radical (unpaired) electrons. The molecule has 0 spiro atoms. The van der Waals surface area contributed by atoms with Crippen molar-refractivity contribution in [3.05, 3.63) is 71.8 Å². The summed E-state index contributed by atoms with van der Waals surface area (Å²) < 4.78 is 5.19. The molecular formula is C19H14N2O3. The maximum Gasteiger partial charge on any atom is 0.411 e. The zero-order chi connectivity index (χ0) is 16.9. The van der Waals surface area contributed by atoms with Gasteiger partial charge in [0, 0.05) is 10.8 Å². The first-order chi connectivity index (χ1) is 11.7. The minimum Gasteiger partial charge on any atom is -0.508 e. The lowest BCUT2D eigenvalue weighted by molar-refractivity contribution is 0.155. The molecule has 0 saturated heterocycles.